The van der Waals surface area contributed by atoms with Gasteiger partial charge in [0.2, 0.25) is 0 Å². The van der Waals surface area contributed by atoms with E-state index >= 15 is 0 Å². The minimum absolute atomic E-state index is 0. The molecule has 0 radical (unpaired) electrons. The molecule has 4 N–H and O–H groups in total. The fourth-order valence-electron chi connectivity index (χ4n) is 0.957. The van der Waals surface area contributed by atoms with Crippen LogP contribution in [0.1, 0.15) is 27.7 Å². The molecule has 0 spiro atoms. The van der Waals surface area contributed by atoms with Gasteiger partial charge in [0.15, 0.2) is 0 Å². The van der Waals surface area contributed by atoms with Gasteiger partial charge in [0.25, 0.3) is 0 Å². The Balaban J connectivity index is -0.000000366. The van der Waals surface area contributed by atoms with E-state index in [-0.39, 0.29) is 29.6 Å². The van der Waals surface area contributed by atoms with Gasteiger partial charge in [-0.2, -0.15) is 0 Å². The predicted octanol–water partition coefficient (Wildman–Crippen LogP) is -1.69. The topological polar surface area (TPSA) is 118 Å². The normalized spacial score (nSPS) is 11.4. The maximum absolute atomic E-state index is 7.33. The Morgan fingerprint density at radius 2 is 0.789 bits per heavy atom. The predicted molar refractivity (Wildman–Crippen MR) is 74.0 cm³/mol. The van der Waals surface area contributed by atoms with Gasteiger partial charge < -0.3 is 36.9 Å². The van der Waals surface area contributed by atoms with Crippen LogP contribution in [0.4, 0.5) is 0 Å². The molecule has 0 amide bonds. The van der Waals surface area contributed by atoms with E-state index in [9.17, 15) is 0 Å². The molecule has 0 fully saturated rings. The van der Waals surface area contributed by atoms with Crippen LogP contribution in [0.15, 0.2) is 0 Å². The van der Waals surface area contributed by atoms with Crippen LogP contribution in [0.5, 0.6) is 0 Å². The Kier molecular flexibility index (Phi) is 18.6. The molecule has 0 bridgehead atoms. The van der Waals surface area contributed by atoms with Gasteiger partial charge in [0.05, 0.1) is 0 Å². The fraction of sp³-hybridized carbons (Fsp3) is 1.00. The molecule has 0 aliphatic rings. The molecule has 11 heteroatoms. The molecule has 0 aromatic heterocycles. The van der Waals surface area contributed by atoms with E-state index in [0.717, 1.165) is 0 Å². The van der Waals surface area contributed by atoms with Crippen molar-refractivity contribution in [1.82, 2.24) is 0 Å². The molecule has 0 rings (SSSR count). The molecular formula is C8H25NaO8Si2. The van der Waals surface area contributed by atoms with E-state index < -0.39 is 18.1 Å². The minimum atomic E-state index is -4.61. The standard InChI is InChI=1S/C8H20O4Si.Na.H4O4Si.H/c1-5-9-13(10-6-2,11-7-3)12-8-4;;1-5(2,3)4;/h5-8H2,1-4H3;;1-4H;. The van der Waals surface area contributed by atoms with Crippen LogP contribution in [-0.2, 0) is 17.7 Å². The van der Waals surface area contributed by atoms with Crippen LogP contribution in [0.2, 0.25) is 0 Å². The van der Waals surface area contributed by atoms with Crippen LogP contribution >= 0.6 is 0 Å². The fourth-order valence-corrected chi connectivity index (χ4v) is 2.87. The summed E-state index contributed by atoms with van der Waals surface area (Å²) in [5, 5.41) is 0. The van der Waals surface area contributed by atoms with E-state index in [1.807, 2.05) is 27.7 Å². The quantitative estimate of drug-likeness (QED) is 0.390. The molecule has 0 aliphatic heterocycles. The molecule has 8 nitrogen and oxygen atoms in total. The molecule has 0 saturated heterocycles. The molecule has 0 aromatic rings. The third-order valence-electron chi connectivity index (χ3n) is 1.28. The molecule has 0 unspecified atom stereocenters. The van der Waals surface area contributed by atoms with Gasteiger partial charge in [0, 0.05) is 26.4 Å². The zero-order chi connectivity index (χ0) is 14.7. The van der Waals surface area contributed by atoms with Crippen LogP contribution < -0.4 is 0 Å². The van der Waals surface area contributed by atoms with E-state index in [4.69, 9.17) is 36.9 Å². The first kappa shape index (κ1) is 25.1. The van der Waals surface area contributed by atoms with Crippen molar-refractivity contribution in [2.75, 3.05) is 26.4 Å². The van der Waals surface area contributed by atoms with Crippen molar-refractivity contribution >= 4 is 47.7 Å². The summed E-state index contributed by atoms with van der Waals surface area (Å²) in [6.07, 6.45) is 0. The third-order valence-corrected chi connectivity index (χ3v) is 3.85. The van der Waals surface area contributed by atoms with Crippen LogP contribution in [0, 0.1) is 0 Å². The molecule has 114 valence electrons. The molecule has 0 aliphatic carbocycles. The van der Waals surface area contributed by atoms with Crippen molar-refractivity contribution in [3.05, 3.63) is 0 Å². The van der Waals surface area contributed by atoms with E-state index in [1.165, 1.54) is 0 Å². The summed E-state index contributed by atoms with van der Waals surface area (Å²) in [4.78, 5) is 29.3. The molecule has 0 aromatic carbocycles. The molecule has 19 heavy (non-hydrogen) atoms. The second kappa shape index (κ2) is 14.1. The van der Waals surface area contributed by atoms with Gasteiger partial charge in [-0.25, -0.2) is 0 Å². The molecular weight excluding hydrogens is 303 g/mol. The average Bonchev–Trinajstić information content (AvgIpc) is 2.16. The van der Waals surface area contributed by atoms with Crippen molar-refractivity contribution in [1.29, 1.82) is 0 Å². The van der Waals surface area contributed by atoms with Gasteiger partial charge in [0.1, 0.15) is 0 Å². The first-order valence-corrected chi connectivity index (χ1v) is 9.12. The van der Waals surface area contributed by atoms with Gasteiger partial charge >= 0.3 is 47.7 Å². The number of hydrogen-bond acceptors (Lipinski definition) is 8. The Morgan fingerprint density at radius 3 is 0.895 bits per heavy atom. The van der Waals surface area contributed by atoms with Crippen molar-refractivity contribution in [2.45, 2.75) is 27.7 Å². The van der Waals surface area contributed by atoms with E-state index in [2.05, 4.69) is 0 Å². The Morgan fingerprint density at radius 1 is 0.632 bits per heavy atom. The Bertz CT molecular complexity index is 157. The molecule has 0 saturated carbocycles. The van der Waals surface area contributed by atoms with Crippen molar-refractivity contribution in [3.8, 4) is 0 Å². The zero-order valence-corrected chi connectivity index (χ0v) is 13.3. The SMILES string of the molecule is CCO[Si](OCC)(OCC)OCC.O[Si](O)(O)O.[NaH]. The van der Waals surface area contributed by atoms with Crippen molar-refractivity contribution in [2.24, 2.45) is 0 Å². The number of hydrogen-bond donors (Lipinski definition) is 4. The average molecular weight is 328 g/mol. The number of rotatable bonds is 8. The van der Waals surface area contributed by atoms with Crippen LogP contribution in [-0.4, -0.2) is 93.3 Å². The van der Waals surface area contributed by atoms with E-state index in [0.29, 0.717) is 26.4 Å². The van der Waals surface area contributed by atoms with Gasteiger partial charge in [-0.15, -0.1) is 0 Å². The summed E-state index contributed by atoms with van der Waals surface area (Å²) in [6, 6.07) is 0. The van der Waals surface area contributed by atoms with Crippen molar-refractivity contribution in [3.63, 3.8) is 0 Å². The first-order valence-electron chi connectivity index (χ1n) is 5.69. The van der Waals surface area contributed by atoms with Crippen LogP contribution in [0.3, 0.4) is 0 Å². The van der Waals surface area contributed by atoms with Gasteiger partial charge in [-0.1, -0.05) is 0 Å². The summed E-state index contributed by atoms with van der Waals surface area (Å²) in [5.41, 5.74) is 0. The third kappa shape index (κ3) is 19.1. The van der Waals surface area contributed by atoms with Gasteiger partial charge in [-0.05, 0) is 27.7 Å². The summed E-state index contributed by atoms with van der Waals surface area (Å²) in [5.74, 6) is 0. The summed E-state index contributed by atoms with van der Waals surface area (Å²) in [7, 11) is -7.41. The summed E-state index contributed by atoms with van der Waals surface area (Å²) in [6.45, 7) is 9.80. The molecule has 0 atom stereocenters. The second-order valence-corrected chi connectivity index (χ2v) is 6.19. The Labute approximate surface area is 138 Å². The van der Waals surface area contributed by atoms with Crippen LogP contribution in [0.25, 0.3) is 0 Å². The van der Waals surface area contributed by atoms with Gasteiger partial charge in [-0.3, -0.25) is 0 Å². The first-order chi connectivity index (χ1) is 8.24. The Hall–Kier alpha value is 1.11. The second-order valence-electron chi connectivity index (χ2n) is 2.83. The zero-order valence-electron chi connectivity index (χ0n) is 11.3. The maximum atomic E-state index is 7.33. The van der Waals surface area contributed by atoms with Crippen molar-refractivity contribution < 1.29 is 36.9 Å². The molecule has 0 heterocycles. The monoisotopic (exact) mass is 328 g/mol. The summed E-state index contributed by atoms with van der Waals surface area (Å²) < 4.78 is 21.7. The van der Waals surface area contributed by atoms with E-state index in [1.54, 1.807) is 0 Å². The summed E-state index contributed by atoms with van der Waals surface area (Å²) >= 11 is 0.